The second-order valence-electron chi connectivity index (χ2n) is 9.94. The van der Waals surface area contributed by atoms with Gasteiger partial charge in [0.05, 0.1) is 28.9 Å². The molecule has 0 fully saturated rings. The third-order valence-corrected chi connectivity index (χ3v) is 7.30. The van der Waals surface area contributed by atoms with E-state index >= 15 is 0 Å². The van der Waals surface area contributed by atoms with Gasteiger partial charge < -0.3 is 9.84 Å². The molecule has 184 valence electrons. The summed E-state index contributed by atoms with van der Waals surface area (Å²) in [6.45, 7) is 13.2. The molecular formula is C26H40N2O4S. The maximum absolute atomic E-state index is 13.1. The molecule has 0 spiro atoms. The zero-order valence-corrected chi connectivity index (χ0v) is 21.9. The van der Waals surface area contributed by atoms with Gasteiger partial charge in [-0.25, -0.2) is 4.98 Å². The number of aryl methyl sites for hydroxylation is 1. The summed E-state index contributed by atoms with van der Waals surface area (Å²) < 4.78 is 5.83. The summed E-state index contributed by atoms with van der Waals surface area (Å²) >= 11 is 1.59. The Labute approximate surface area is 202 Å². The number of aliphatic hydroxyl groups is 1. The van der Waals surface area contributed by atoms with Crippen molar-refractivity contribution >= 4 is 29.2 Å². The molecule has 33 heavy (non-hydrogen) atoms. The Morgan fingerprint density at radius 1 is 1.30 bits per heavy atom. The van der Waals surface area contributed by atoms with Gasteiger partial charge in [-0.3, -0.25) is 14.9 Å². The highest BCUT2D eigenvalue weighted by atomic mass is 32.1. The molecule has 0 amide bonds. The van der Waals surface area contributed by atoms with E-state index in [0.29, 0.717) is 6.42 Å². The van der Waals surface area contributed by atoms with E-state index in [0.717, 1.165) is 35.5 Å². The molecule has 0 aromatic carbocycles. The molecule has 1 aromatic rings. The Bertz CT molecular complexity index is 887. The van der Waals surface area contributed by atoms with E-state index in [1.165, 1.54) is 5.57 Å². The van der Waals surface area contributed by atoms with Crippen LogP contribution in [-0.4, -0.2) is 46.1 Å². The monoisotopic (exact) mass is 476 g/mol. The Balaban J connectivity index is 2.27. The fraction of sp³-hybridized carbons (Fsp3) is 0.654. The number of Topliss-reactive ketones (excluding diaryl/α,β-unsaturated/α-hetero) is 1. The Kier molecular flexibility index (Phi) is 10.0. The number of allylic oxidation sites excluding steroid dienone is 1. The minimum absolute atomic E-state index is 0.0184. The molecule has 2 N–H and O–H groups in total. The smallest absolute Gasteiger partial charge is 0.320 e. The normalized spacial score (nSPS) is 30.4. The molecule has 0 aliphatic carbocycles. The van der Waals surface area contributed by atoms with Crippen LogP contribution in [0.15, 0.2) is 22.6 Å². The number of ketones is 1. The fourth-order valence-electron chi connectivity index (χ4n) is 4.18. The summed E-state index contributed by atoms with van der Waals surface area (Å²) in [6, 6.07) is 0. The SMILES string of the molecule is C/C1=C/CC(/C(C)=C/c2csc(C)n2)OC(=O)CNC(C)(C)C(=O)C(C)C(O)C(C)CCC1. The number of aromatic nitrogens is 1. The zero-order chi connectivity index (χ0) is 24.8. The minimum Gasteiger partial charge on any atom is -0.457 e. The first-order valence-corrected chi connectivity index (χ1v) is 12.7. The number of cyclic esters (lactones) is 1. The summed E-state index contributed by atoms with van der Waals surface area (Å²) in [4.78, 5) is 30.3. The lowest BCUT2D eigenvalue weighted by Gasteiger charge is -2.32. The van der Waals surface area contributed by atoms with Gasteiger partial charge in [0, 0.05) is 17.7 Å². The molecule has 0 saturated heterocycles. The zero-order valence-electron chi connectivity index (χ0n) is 21.1. The second kappa shape index (κ2) is 12.0. The maximum Gasteiger partial charge on any atom is 0.320 e. The van der Waals surface area contributed by atoms with Gasteiger partial charge in [0.25, 0.3) is 0 Å². The molecule has 0 saturated carbocycles. The number of hydrogen-bond acceptors (Lipinski definition) is 7. The van der Waals surface area contributed by atoms with Crippen molar-refractivity contribution in [1.29, 1.82) is 0 Å². The highest BCUT2D eigenvalue weighted by Gasteiger charge is 2.36. The molecule has 4 atom stereocenters. The first-order valence-electron chi connectivity index (χ1n) is 11.8. The number of carbonyl (C=O) groups excluding carboxylic acids is 2. The highest BCUT2D eigenvalue weighted by Crippen LogP contribution is 2.25. The van der Waals surface area contributed by atoms with Gasteiger partial charge in [0.1, 0.15) is 6.10 Å². The first-order chi connectivity index (χ1) is 15.4. The van der Waals surface area contributed by atoms with Gasteiger partial charge >= 0.3 is 5.97 Å². The van der Waals surface area contributed by atoms with Gasteiger partial charge in [-0.15, -0.1) is 11.3 Å². The number of thiazole rings is 1. The summed E-state index contributed by atoms with van der Waals surface area (Å²) in [5.74, 6) is -1.03. The van der Waals surface area contributed by atoms with Crippen LogP contribution >= 0.6 is 11.3 Å². The molecule has 1 aliphatic heterocycles. The first kappa shape index (κ1) is 27.4. The quantitative estimate of drug-likeness (QED) is 0.468. The number of hydrogen-bond donors (Lipinski definition) is 2. The van der Waals surface area contributed by atoms with Crippen LogP contribution in [0.5, 0.6) is 0 Å². The number of ether oxygens (including phenoxy) is 1. The van der Waals surface area contributed by atoms with Crippen LogP contribution in [0, 0.1) is 18.8 Å². The van der Waals surface area contributed by atoms with Crippen LogP contribution in [-0.2, 0) is 14.3 Å². The topological polar surface area (TPSA) is 88.5 Å². The molecule has 2 heterocycles. The Morgan fingerprint density at radius 3 is 2.64 bits per heavy atom. The van der Waals surface area contributed by atoms with E-state index < -0.39 is 29.6 Å². The summed E-state index contributed by atoms with van der Waals surface area (Å²) in [7, 11) is 0. The number of nitrogens with zero attached hydrogens (tertiary/aromatic N) is 1. The number of esters is 1. The minimum atomic E-state index is -0.953. The van der Waals surface area contributed by atoms with E-state index in [9.17, 15) is 14.7 Å². The van der Waals surface area contributed by atoms with Gasteiger partial charge in [-0.2, -0.15) is 0 Å². The van der Waals surface area contributed by atoms with Crippen molar-refractivity contribution in [3.63, 3.8) is 0 Å². The summed E-state index contributed by atoms with van der Waals surface area (Å²) in [6.07, 6.45) is 6.25. The van der Waals surface area contributed by atoms with Crippen molar-refractivity contribution in [3.05, 3.63) is 33.3 Å². The number of carbonyl (C=O) groups is 2. The molecule has 4 unspecified atom stereocenters. The van der Waals surface area contributed by atoms with Gasteiger partial charge in [-0.1, -0.05) is 25.5 Å². The average Bonchev–Trinajstić information content (AvgIpc) is 3.17. The molecule has 0 radical (unpaired) electrons. The largest absolute Gasteiger partial charge is 0.457 e. The lowest BCUT2D eigenvalue weighted by Crippen LogP contribution is -2.53. The van der Waals surface area contributed by atoms with E-state index in [-0.39, 0.29) is 18.2 Å². The van der Waals surface area contributed by atoms with Gasteiger partial charge in [0.2, 0.25) is 0 Å². The van der Waals surface area contributed by atoms with Crippen LogP contribution in [0.1, 0.15) is 77.9 Å². The number of aliphatic hydroxyl groups excluding tert-OH is 1. The second-order valence-corrected chi connectivity index (χ2v) is 11.0. The molecule has 6 nitrogen and oxygen atoms in total. The van der Waals surface area contributed by atoms with Gasteiger partial charge in [0.15, 0.2) is 5.78 Å². The van der Waals surface area contributed by atoms with E-state index in [4.69, 9.17) is 4.74 Å². The van der Waals surface area contributed by atoms with Crippen LogP contribution in [0.4, 0.5) is 0 Å². The summed E-state index contributed by atoms with van der Waals surface area (Å²) in [5, 5.41) is 16.8. The fourth-order valence-corrected chi connectivity index (χ4v) is 4.75. The van der Waals surface area contributed by atoms with Crippen molar-refractivity contribution < 1.29 is 19.4 Å². The van der Waals surface area contributed by atoms with Crippen molar-refractivity contribution in [1.82, 2.24) is 10.3 Å². The van der Waals surface area contributed by atoms with E-state index in [2.05, 4.69) is 23.3 Å². The van der Waals surface area contributed by atoms with E-state index in [1.807, 2.05) is 32.2 Å². The molecule has 2 rings (SSSR count). The molecule has 1 aromatic heterocycles. The van der Waals surface area contributed by atoms with Gasteiger partial charge in [-0.05, 0) is 71.4 Å². The summed E-state index contributed by atoms with van der Waals surface area (Å²) in [5.41, 5.74) is 2.07. The Morgan fingerprint density at radius 2 is 2.00 bits per heavy atom. The van der Waals surface area contributed by atoms with Crippen LogP contribution in [0.2, 0.25) is 0 Å². The standard InChI is InChI=1S/C26H40N2O4S/c1-16-9-8-10-17(2)24(30)19(4)25(31)26(6,7)27-14-23(29)32-22(12-11-16)18(3)13-21-15-33-20(5)28-21/h11,13,15,17,19,22,24,27,30H,8-10,12,14H2,1-7H3/b16-11-,18-13+. The number of rotatable bonds is 2. The molecule has 1 aliphatic rings. The predicted molar refractivity (Wildman–Crippen MR) is 134 cm³/mol. The Hall–Kier alpha value is -1.83. The van der Waals surface area contributed by atoms with E-state index in [1.54, 1.807) is 32.1 Å². The molecular weight excluding hydrogens is 436 g/mol. The molecule has 7 heteroatoms. The molecule has 0 bridgehead atoms. The van der Waals surface area contributed by atoms with Crippen molar-refractivity contribution in [2.24, 2.45) is 11.8 Å². The van der Waals surface area contributed by atoms with Crippen LogP contribution < -0.4 is 5.32 Å². The maximum atomic E-state index is 13.1. The third kappa shape index (κ3) is 8.16. The number of nitrogens with one attached hydrogen (secondary N) is 1. The van der Waals surface area contributed by atoms with Crippen molar-refractivity contribution in [3.8, 4) is 0 Å². The van der Waals surface area contributed by atoms with Crippen molar-refractivity contribution in [2.75, 3.05) is 6.54 Å². The lowest BCUT2D eigenvalue weighted by molar-refractivity contribution is -0.146. The lowest BCUT2D eigenvalue weighted by atomic mass is 9.81. The van der Waals surface area contributed by atoms with Crippen LogP contribution in [0.25, 0.3) is 6.08 Å². The third-order valence-electron chi connectivity index (χ3n) is 6.50. The predicted octanol–water partition coefficient (Wildman–Crippen LogP) is 4.86. The van der Waals surface area contributed by atoms with Crippen molar-refractivity contribution in [2.45, 2.75) is 91.9 Å². The highest BCUT2D eigenvalue weighted by molar-refractivity contribution is 7.09. The van der Waals surface area contributed by atoms with Crippen LogP contribution in [0.3, 0.4) is 0 Å². The average molecular weight is 477 g/mol.